The molecular formula is C14H27N3O3. The highest BCUT2D eigenvalue weighted by atomic mass is 16.5. The van der Waals surface area contributed by atoms with Gasteiger partial charge in [0.05, 0.1) is 32.1 Å². The first-order valence-electron chi connectivity index (χ1n) is 6.81. The van der Waals surface area contributed by atoms with Gasteiger partial charge in [0, 0.05) is 6.54 Å². The van der Waals surface area contributed by atoms with E-state index in [1.807, 2.05) is 34.9 Å². The summed E-state index contributed by atoms with van der Waals surface area (Å²) in [5.41, 5.74) is 0.376. The van der Waals surface area contributed by atoms with Crippen LogP contribution in [0.4, 0.5) is 0 Å². The van der Waals surface area contributed by atoms with E-state index in [-0.39, 0.29) is 12.2 Å². The number of likely N-dealkylation sites (N-methyl/N-ethyl adjacent to an activating group) is 1. The van der Waals surface area contributed by atoms with Crippen LogP contribution < -0.4 is 4.74 Å². The summed E-state index contributed by atoms with van der Waals surface area (Å²) in [6.07, 6.45) is 0.875. The van der Waals surface area contributed by atoms with Crippen molar-refractivity contribution in [3.63, 3.8) is 0 Å². The largest absolute Gasteiger partial charge is 0.493 e. The smallest absolute Gasteiger partial charge is 0.162 e. The molecule has 0 aliphatic carbocycles. The molecule has 1 N–H and O–H groups in total. The first-order valence-corrected chi connectivity index (χ1v) is 6.81. The van der Waals surface area contributed by atoms with Crippen molar-refractivity contribution in [3.8, 4) is 5.75 Å². The molecule has 0 saturated heterocycles. The third-order valence-corrected chi connectivity index (χ3v) is 2.81. The lowest BCUT2D eigenvalue weighted by Gasteiger charge is -2.23. The SMILES string of the molecule is COc1cnn(CCN(C)C)c1C(O)COC(C)(C)C. The Bertz CT molecular complexity index is 410. The first-order chi connectivity index (χ1) is 9.24. The van der Waals surface area contributed by atoms with Gasteiger partial charge in [0.15, 0.2) is 5.75 Å². The lowest BCUT2D eigenvalue weighted by molar-refractivity contribution is -0.0522. The molecule has 1 unspecified atom stereocenters. The van der Waals surface area contributed by atoms with Crippen LogP contribution in [0.2, 0.25) is 0 Å². The number of hydrogen-bond donors (Lipinski definition) is 1. The predicted molar refractivity (Wildman–Crippen MR) is 78.0 cm³/mol. The standard InChI is InChI=1S/C14H27N3O3/c1-14(2,3)20-10-11(18)13-12(19-6)9-15-17(13)8-7-16(4)5/h9,11,18H,7-8,10H2,1-6H3. The predicted octanol–water partition coefficient (Wildman–Crippen LogP) is 1.30. The van der Waals surface area contributed by atoms with Crippen LogP contribution in [0.15, 0.2) is 6.20 Å². The number of hydrogen-bond acceptors (Lipinski definition) is 5. The van der Waals surface area contributed by atoms with Gasteiger partial charge in [0.1, 0.15) is 11.8 Å². The third-order valence-electron chi connectivity index (χ3n) is 2.81. The highest BCUT2D eigenvalue weighted by Gasteiger charge is 2.22. The number of aliphatic hydroxyl groups excluding tert-OH is 1. The van der Waals surface area contributed by atoms with Crippen LogP contribution in [0.25, 0.3) is 0 Å². The highest BCUT2D eigenvalue weighted by Crippen LogP contribution is 2.26. The van der Waals surface area contributed by atoms with Crippen molar-refractivity contribution in [2.45, 2.75) is 39.0 Å². The van der Waals surface area contributed by atoms with Crippen LogP contribution in [0.5, 0.6) is 5.75 Å². The van der Waals surface area contributed by atoms with Gasteiger partial charge in [-0.05, 0) is 34.9 Å². The second-order valence-corrected chi connectivity index (χ2v) is 6.06. The van der Waals surface area contributed by atoms with Crippen molar-refractivity contribution in [2.24, 2.45) is 0 Å². The molecular weight excluding hydrogens is 258 g/mol. The number of aromatic nitrogens is 2. The van der Waals surface area contributed by atoms with E-state index in [4.69, 9.17) is 9.47 Å². The van der Waals surface area contributed by atoms with Gasteiger partial charge >= 0.3 is 0 Å². The van der Waals surface area contributed by atoms with Crippen LogP contribution in [0, 0.1) is 0 Å². The Hall–Kier alpha value is -1.11. The van der Waals surface area contributed by atoms with Gasteiger partial charge in [-0.2, -0.15) is 5.10 Å². The normalized spacial score (nSPS) is 13.8. The van der Waals surface area contributed by atoms with Crippen molar-refractivity contribution in [2.75, 3.05) is 34.4 Å². The van der Waals surface area contributed by atoms with Gasteiger partial charge in [-0.25, -0.2) is 0 Å². The van der Waals surface area contributed by atoms with Crippen molar-refractivity contribution >= 4 is 0 Å². The molecule has 1 atom stereocenters. The molecule has 6 heteroatoms. The van der Waals surface area contributed by atoms with Gasteiger partial charge in [-0.1, -0.05) is 0 Å². The van der Waals surface area contributed by atoms with E-state index in [0.29, 0.717) is 18.0 Å². The molecule has 1 aromatic rings. The molecule has 6 nitrogen and oxygen atoms in total. The van der Waals surface area contributed by atoms with Gasteiger partial charge in [0.25, 0.3) is 0 Å². The van der Waals surface area contributed by atoms with E-state index in [9.17, 15) is 5.11 Å². The summed E-state index contributed by atoms with van der Waals surface area (Å²) in [5, 5.41) is 14.6. The summed E-state index contributed by atoms with van der Waals surface area (Å²) in [7, 11) is 5.58. The molecule has 0 bridgehead atoms. The Morgan fingerprint density at radius 2 is 2.05 bits per heavy atom. The molecule has 0 aliphatic rings. The average Bonchev–Trinajstić information content (AvgIpc) is 2.75. The van der Waals surface area contributed by atoms with E-state index in [0.717, 1.165) is 6.54 Å². The molecule has 1 heterocycles. The van der Waals surface area contributed by atoms with Gasteiger partial charge in [0.2, 0.25) is 0 Å². The number of ether oxygens (including phenoxy) is 2. The average molecular weight is 285 g/mol. The molecule has 20 heavy (non-hydrogen) atoms. The molecule has 1 aromatic heterocycles. The second kappa shape index (κ2) is 7.06. The zero-order valence-corrected chi connectivity index (χ0v) is 13.4. The summed E-state index contributed by atoms with van der Waals surface area (Å²) < 4.78 is 12.7. The number of aliphatic hydroxyl groups is 1. The monoisotopic (exact) mass is 285 g/mol. The molecule has 116 valence electrons. The van der Waals surface area contributed by atoms with Crippen molar-refractivity contribution in [1.29, 1.82) is 0 Å². The Morgan fingerprint density at radius 3 is 2.55 bits per heavy atom. The Balaban J connectivity index is 2.81. The summed E-state index contributed by atoms with van der Waals surface area (Å²) in [5.74, 6) is 0.591. The Labute approximate surface area is 121 Å². The summed E-state index contributed by atoms with van der Waals surface area (Å²) in [6, 6.07) is 0. The fourth-order valence-electron chi connectivity index (χ4n) is 1.75. The fraction of sp³-hybridized carbons (Fsp3) is 0.786. The van der Waals surface area contributed by atoms with E-state index in [1.165, 1.54) is 0 Å². The van der Waals surface area contributed by atoms with Crippen molar-refractivity contribution in [1.82, 2.24) is 14.7 Å². The summed E-state index contributed by atoms with van der Waals surface area (Å²) in [6.45, 7) is 7.62. The van der Waals surface area contributed by atoms with Crippen molar-refractivity contribution in [3.05, 3.63) is 11.9 Å². The van der Waals surface area contributed by atoms with Gasteiger partial charge in [-0.15, -0.1) is 0 Å². The van der Waals surface area contributed by atoms with Crippen LogP contribution in [-0.2, 0) is 11.3 Å². The molecule has 0 radical (unpaired) electrons. The van der Waals surface area contributed by atoms with E-state index >= 15 is 0 Å². The van der Waals surface area contributed by atoms with Crippen LogP contribution >= 0.6 is 0 Å². The molecule has 0 fully saturated rings. The molecule has 0 saturated carbocycles. The first kappa shape index (κ1) is 16.9. The van der Waals surface area contributed by atoms with E-state index in [2.05, 4.69) is 10.00 Å². The second-order valence-electron chi connectivity index (χ2n) is 6.06. The maximum Gasteiger partial charge on any atom is 0.162 e. The third kappa shape index (κ3) is 5.11. The van der Waals surface area contributed by atoms with E-state index in [1.54, 1.807) is 18.0 Å². The minimum atomic E-state index is -0.756. The zero-order chi connectivity index (χ0) is 15.3. The van der Waals surface area contributed by atoms with Crippen LogP contribution in [0.3, 0.4) is 0 Å². The number of methoxy groups -OCH3 is 1. The molecule has 0 amide bonds. The fourth-order valence-corrected chi connectivity index (χ4v) is 1.75. The zero-order valence-electron chi connectivity index (χ0n) is 13.4. The van der Waals surface area contributed by atoms with Crippen molar-refractivity contribution < 1.29 is 14.6 Å². The molecule has 0 aliphatic heterocycles. The molecule has 0 aromatic carbocycles. The quantitative estimate of drug-likeness (QED) is 0.818. The van der Waals surface area contributed by atoms with Gasteiger partial charge < -0.3 is 19.5 Å². The maximum atomic E-state index is 10.4. The minimum absolute atomic E-state index is 0.216. The Morgan fingerprint density at radius 1 is 1.40 bits per heavy atom. The minimum Gasteiger partial charge on any atom is -0.493 e. The number of rotatable bonds is 7. The van der Waals surface area contributed by atoms with Gasteiger partial charge in [-0.3, -0.25) is 4.68 Å². The van der Waals surface area contributed by atoms with Crippen LogP contribution in [-0.4, -0.2) is 59.7 Å². The summed E-state index contributed by atoms with van der Waals surface area (Å²) in [4.78, 5) is 2.07. The lowest BCUT2D eigenvalue weighted by atomic mass is 10.2. The van der Waals surface area contributed by atoms with Crippen LogP contribution in [0.1, 0.15) is 32.6 Å². The summed E-state index contributed by atoms with van der Waals surface area (Å²) >= 11 is 0. The lowest BCUT2D eigenvalue weighted by Crippen LogP contribution is -2.25. The molecule has 0 spiro atoms. The topological polar surface area (TPSA) is 59.8 Å². The highest BCUT2D eigenvalue weighted by molar-refractivity contribution is 5.27. The number of nitrogens with zero attached hydrogens (tertiary/aromatic N) is 3. The maximum absolute atomic E-state index is 10.4. The van der Waals surface area contributed by atoms with E-state index < -0.39 is 6.10 Å². The molecule has 1 rings (SSSR count). The Kier molecular flexibility index (Phi) is 5.98.